The Labute approximate surface area is 101 Å². The van der Waals surface area contributed by atoms with E-state index < -0.39 is 0 Å². The molecule has 0 unspecified atom stereocenters. The number of hydrogen-bond acceptors (Lipinski definition) is 3. The minimum Gasteiger partial charge on any atom is -0.308 e. The zero-order valence-electron chi connectivity index (χ0n) is 10.6. The average molecular weight is 230 g/mol. The highest BCUT2D eigenvalue weighted by molar-refractivity contribution is 7.80. The van der Waals surface area contributed by atoms with Gasteiger partial charge >= 0.3 is 0 Å². The van der Waals surface area contributed by atoms with Gasteiger partial charge < -0.3 is 4.90 Å². The van der Waals surface area contributed by atoms with E-state index in [1.165, 1.54) is 6.54 Å². The monoisotopic (exact) mass is 230 g/mol. The van der Waals surface area contributed by atoms with E-state index in [0.29, 0.717) is 0 Å². The summed E-state index contributed by atoms with van der Waals surface area (Å²) in [6, 6.07) is 0. The Morgan fingerprint density at radius 1 is 1.13 bits per heavy atom. The molecular weight excluding hydrogens is 204 g/mol. The van der Waals surface area contributed by atoms with E-state index in [4.69, 9.17) is 0 Å². The Balaban J connectivity index is 3.89. The molecule has 0 aliphatic carbocycles. The first-order valence-corrected chi connectivity index (χ1v) is 6.32. The van der Waals surface area contributed by atoms with E-state index in [-0.39, 0.29) is 0 Å². The molecule has 3 heteroatoms. The van der Waals surface area contributed by atoms with Crippen molar-refractivity contribution in [3.8, 4) is 0 Å². The third kappa shape index (κ3) is 10.3. The molecule has 0 atom stereocenters. The zero-order chi connectivity index (χ0) is 11.7. The van der Waals surface area contributed by atoms with Crippen LogP contribution in [0, 0.1) is 5.92 Å². The van der Waals surface area contributed by atoms with E-state index in [1.54, 1.807) is 0 Å². The van der Waals surface area contributed by atoms with Crippen LogP contribution >= 0.6 is 12.6 Å². The molecule has 90 valence electrons. The van der Waals surface area contributed by atoms with Crippen LogP contribution < -0.4 is 0 Å². The molecule has 0 spiro atoms. The lowest BCUT2D eigenvalue weighted by molar-refractivity contribution is 0.238. The molecule has 2 nitrogen and oxygen atoms in total. The number of hydrogen-bond donors (Lipinski definition) is 1. The van der Waals surface area contributed by atoms with Crippen LogP contribution in [0.15, 0.2) is 12.2 Å². The number of rotatable bonds is 8. The molecule has 0 aliphatic heterocycles. The molecule has 0 amide bonds. The van der Waals surface area contributed by atoms with Crippen molar-refractivity contribution in [2.75, 3.05) is 46.0 Å². The summed E-state index contributed by atoms with van der Waals surface area (Å²) in [6.07, 6.45) is 4.33. The summed E-state index contributed by atoms with van der Waals surface area (Å²) < 4.78 is 0. The quantitative estimate of drug-likeness (QED) is 0.503. The zero-order valence-corrected chi connectivity index (χ0v) is 11.5. The first kappa shape index (κ1) is 15.0. The van der Waals surface area contributed by atoms with Crippen LogP contribution in [-0.2, 0) is 0 Å². The maximum absolute atomic E-state index is 4.16. The molecule has 0 heterocycles. The Kier molecular flexibility index (Phi) is 9.26. The summed E-state index contributed by atoms with van der Waals surface area (Å²) in [6.45, 7) is 9.02. The van der Waals surface area contributed by atoms with Crippen molar-refractivity contribution in [1.82, 2.24) is 9.80 Å². The summed E-state index contributed by atoms with van der Waals surface area (Å²) in [5, 5.41) is 0. The summed E-state index contributed by atoms with van der Waals surface area (Å²) in [5.41, 5.74) is 0. The van der Waals surface area contributed by atoms with E-state index in [9.17, 15) is 0 Å². The predicted octanol–water partition coefficient (Wildman–Crippen LogP) is 1.99. The SMILES string of the molecule is CC(C)CN(CC=CCS)CCN(C)C. The molecule has 15 heavy (non-hydrogen) atoms. The molecule has 0 aromatic heterocycles. The fourth-order valence-electron chi connectivity index (χ4n) is 1.41. The Bertz CT molecular complexity index is 167. The van der Waals surface area contributed by atoms with Gasteiger partial charge in [0.05, 0.1) is 0 Å². The van der Waals surface area contributed by atoms with Crippen molar-refractivity contribution in [3.63, 3.8) is 0 Å². The summed E-state index contributed by atoms with van der Waals surface area (Å²) in [7, 11) is 4.24. The molecule has 0 aromatic carbocycles. The van der Waals surface area contributed by atoms with Gasteiger partial charge in [0, 0.05) is 31.9 Å². The van der Waals surface area contributed by atoms with Crippen LogP contribution in [0.25, 0.3) is 0 Å². The summed E-state index contributed by atoms with van der Waals surface area (Å²) >= 11 is 4.16. The highest BCUT2D eigenvalue weighted by atomic mass is 32.1. The van der Waals surface area contributed by atoms with Gasteiger partial charge in [-0.3, -0.25) is 4.90 Å². The van der Waals surface area contributed by atoms with Crippen molar-refractivity contribution in [2.45, 2.75) is 13.8 Å². The normalized spacial score (nSPS) is 12.5. The van der Waals surface area contributed by atoms with Crippen molar-refractivity contribution in [3.05, 3.63) is 12.2 Å². The van der Waals surface area contributed by atoms with Crippen LogP contribution in [0.1, 0.15) is 13.8 Å². The maximum atomic E-state index is 4.16. The Morgan fingerprint density at radius 2 is 1.80 bits per heavy atom. The van der Waals surface area contributed by atoms with E-state index >= 15 is 0 Å². The molecule has 0 saturated carbocycles. The molecule has 0 aliphatic rings. The van der Waals surface area contributed by atoms with Crippen molar-refractivity contribution < 1.29 is 0 Å². The largest absolute Gasteiger partial charge is 0.308 e. The van der Waals surface area contributed by atoms with Crippen LogP contribution in [0.2, 0.25) is 0 Å². The second-order valence-electron chi connectivity index (χ2n) is 4.61. The third-order valence-electron chi connectivity index (χ3n) is 2.12. The minimum atomic E-state index is 0.733. The Hall–Kier alpha value is 0.01000. The van der Waals surface area contributed by atoms with Gasteiger partial charge in [0.1, 0.15) is 0 Å². The Morgan fingerprint density at radius 3 is 2.27 bits per heavy atom. The van der Waals surface area contributed by atoms with Crippen LogP contribution in [0.3, 0.4) is 0 Å². The van der Waals surface area contributed by atoms with E-state index in [1.807, 2.05) is 0 Å². The lowest BCUT2D eigenvalue weighted by atomic mass is 10.2. The predicted molar refractivity (Wildman–Crippen MR) is 72.8 cm³/mol. The van der Waals surface area contributed by atoms with Gasteiger partial charge in [-0.15, -0.1) is 0 Å². The molecule has 0 bridgehead atoms. The summed E-state index contributed by atoms with van der Waals surface area (Å²) in [5.74, 6) is 1.57. The molecule has 0 saturated heterocycles. The van der Waals surface area contributed by atoms with Crippen molar-refractivity contribution in [1.29, 1.82) is 0 Å². The topological polar surface area (TPSA) is 6.48 Å². The summed E-state index contributed by atoms with van der Waals surface area (Å²) in [4.78, 5) is 4.72. The third-order valence-corrected chi connectivity index (χ3v) is 2.33. The minimum absolute atomic E-state index is 0.733. The number of thiol groups is 1. The van der Waals surface area contributed by atoms with Gasteiger partial charge in [-0.1, -0.05) is 26.0 Å². The average Bonchev–Trinajstić information content (AvgIpc) is 2.13. The highest BCUT2D eigenvalue weighted by Crippen LogP contribution is 1.99. The molecule has 0 aromatic rings. The number of likely N-dealkylation sites (N-methyl/N-ethyl adjacent to an activating group) is 1. The molecule has 0 radical (unpaired) electrons. The highest BCUT2D eigenvalue weighted by Gasteiger charge is 2.05. The number of nitrogens with zero attached hydrogens (tertiary/aromatic N) is 2. The smallest absolute Gasteiger partial charge is 0.0164 e. The second-order valence-corrected chi connectivity index (χ2v) is 4.98. The lowest BCUT2D eigenvalue weighted by Crippen LogP contribution is -2.34. The van der Waals surface area contributed by atoms with Gasteiger partial charge in [0.15, 0.2) is 0 Å². The van der Waals surface area contributed by atoms with Crippen molar-refractivity contribution in [2.24, 2.45) is 5.92 Å². The van der Waals surface area contributed by atoms with Crippen LogP contribution in [-0.4, -0.2) is 55.8 Å². The van der Waals surface area contributed by atoms with Gasteiger partial charge in [-0.2, -0.15) is 12.6 Å². The van der Waals surface area contributed by atoms with Gasteiger partial charge in [-0.25, -0.2) is 0 Å². The second kappa shape index (κ2) is 9.25. The van der Waals surface area contributed by atoms with E-state index in [2.05, 4.69) is 62.5 Å². The first-order valence-electron chi connectivity index (χ1n) is 5.69. The molecule has 0 fully saturated rings. The molecule has 0 rings (SSSR count). The van der Waals surface area contributed by atoms with Gasteiger partial charge in [-0.05, 0) is 20.0 Å². The van der Waals surface area contributed by atoms with Crippen molar-refractivity contribution >= 4 is 12.6 Å². The fourth-order valence-corrected chi connectivity index (χ4v) is 1.56. The van der Waals surface area contributed by atoms with Crippen LogP contribution in [0.4, 0.5) is 0 Å². The van der Waals surface area contributed by atoms with E-state index in [0.717, 1.165) is 31.3 Å². The fraction of sp³-hybridized carbons (Fsp3) is 0.833. The van der Waals surface area contributed by atoms with Crippen LogP contribution in [0.5, 0.6) is 0 Å². The first-order chi connectivity index (χ1) is 7.06. The molecule has 0 N–H and O–H groups in total. The van der Waals surface area contributed by atoms with Gasteiger partial charge in [0.2, 0.25) is 0 Å². The lowest BCUT2D eigenvalue weighted by Gasteiger charge is -2.24. The van der Waals surface area contributed by atoms with Gasteiger partial charge in [0.25, 0.3) is 0 Å². The molecular formula is C12H26N2S. The standard InChI is InChI=1S/C12H26N2S/c1-12(2)11-14(7-5-6-10-15)9-8-13(3)4/h5-6,12,15H,7-11H2,1-4H3. The maximum Gasteiger partial charge on any atom is 0.0164 e.